The first-order valence-corrected chi connectivity index (χ1v) is 10.7. The first-order valence-electron chi connectivity index (χ1n) is 10.7. The van der Waals surface area contributed by atoms with Crippen molar-refractivity contribution >= 4 is 41.5 Å². The predicted molar refractivity (Wildman–Crippen MR) is 134 cm³/mol. The Labute approximate surface area is 201 Å². The number of carbonyl (C=O) groups is 1. The van der Waals surface area contributed by atoms with Crippen molar-refractivity contribution in [3.05, 3.63) is 48.4 Å². The number of piperidine rings is 1. The summed E-state index contributed by atoms with van der Waals surface area (Å²) in [6.07, 6.45) is 5.88. The molecule has 1 aliphatic heterocycles. The molecule has 0 spiro atoms. The van der Waals surface area contributed by atoms with Crippen LogP contribution in [0.2, 0.25) is 0 Å². The number of anilines is 1. The quantitative estimate of drug-likeness (QED) is 0.297. The van der Waals surface area contributed by atoms with Gasteiger partial charge in [0.05, 0.1) is 12.4 Å². The highest BCUT2D eigenvalue weighted by Crippen LogP contribution is 2.17. The highest BCUT2D eigenvalue weighted by atomic mass is 127. The van der Waals surface area contributed by atoms with Gasteiger partial charge in [-0.1, -0.05) is 0 Å². The van der Waals surface area contributed by atoms with E-state index in [0.717, 1.165) is 49.5 Å². The molecule has 1 aromatic carbocycles. The van der Waals surface area contributed by atoms with Crippen LogP contribution in [-0.4, -0.2) is 49.0 Å². The van der Waals surface area contributed by atoms with Gasteiger partial charge in [-0.2, -0.15) is 0 Å². The molecular weight excluding hydrogens is 507 g/mol. The van der Waals surface area contributed by atoms with Gasteiger partial charge in [-0.3, -0.25) is 4.79 Å². The molecule has 1 aromatic heterocycles. The van der Waals surface area contributed by atoms with Crippen molar-refractivity contribution < 1.29 is 13.9 Å². The van der Waals surface area contributed by atoms with Crippen molar-refractivity contribution in [3.8, 4) is 5.75 Å². The van der Waals surface area contributed by atoms with Crippen LogP contribution in [0, 0.1) is 0 Å². The van der Waals surface area contributed by atoms with Crippen molar-refractivity contribution in [1.29, 1.82) is 0 Å². The molecule has 1 amide bonds. The monoisotopic (exact) mass is 540 g/mol. The summed E-state index contributed by atoms with van der Waals surface area (Å²) in [6.45, 7) is 6.44. The molecule has 2 heterocycles. The summed E-state index contributed by atoms with van der Waals surface area (Å²) in [5.41, 5.74) is 0.876. The molecule has 31 heavy (non-hydrogen) atoms. The van der Waals surface area contributed by atoms with Crippen molar-refractivity contribution in [2.45, 2.75) is 45.6 Å². The fourth-order valence-corrected chi connectivity index (χ4v) is 3.31. The molecule has 1 fully saturated rings. The standard InChI is InChI=1S/C23H32N4O3.HI/c1-18(2)30-21-10-8-19(9-11-21)26-23(24-13-12-20-7-6-16-29-20)25-17-22(28)27-14-4-3-5-15-27;/h6-11,16,18H,3-5,12-15,17H2,1-2H3,(H2,24,25,26);1H. The lowest BCUT2D eigenvalue weighted by atomic mass is 10.1. The average molecular weight is 540 g/mol. The molecular formula is C23H33IN4O3. The number of carbonyl (C=O) groups excluding carboxylic acids is 1. The number of guanidine groups is 1. The van der Waals surface area contributed by atoms with Crippen LogP contribution in [0.25, 0.3) is 0 Å². The maximum absolute atomic E-state index is 12.5. The lowest BCUT2D eigenvalue weighted by molar-refractivity contribution is -0.130. The van der Waals surface area contributed by atoms with Gasteiger partial charge in [-0.25, -0.2) is 4.99 Å². The van der Waals surface area contributed by atoms with Gasteiger partial charge in [0.2, 0.25) is 5.91 Å². The fraction of sp³-hybridized carbons (Fsp3) is 0.478. The third-order valence-corrected chi connectivity index (χ3v) is 4.81. The second-order valence-corrected chi connectivity index (χ2v) is 7.68. The van der Waals surface area contributed by atoms with E-state index in [1.54, 1.807) is 6.26 Å². The van der Waals surface area contributed by atoms with Crippen molar-refractivity contribution in [3.63, 3.8) is 0 Å². The normalized spacial score (nSPS) is 14.2. The molecule has 0 aliphatic carbocycles. The number of ether oxygens (including phenoxy) is 1. The number of hydrogen-bond donors (Lipinski definition) is 2. The van der Waals surface area contributed by atoms with Crippen molar-refractivity contribution in [2.24, 2.45) is 4.99 Å². The summed E-state index contributed by atoms with van der Waals surface area (Å²) >= 11 is 0. The van der Waals surface area contributed by atoms with Gasteiger partial charge in [0.15, 0.2) is 5.96 Å². The first kappa shape index (κ1) is 25.0. The topological polar surface area (TPSA) is 79.1 Å². The maximum atomic E-state index is 12.5. The summed E-state index contributed by atoms with van der Waals surface area (Å²) in [7, 11) is 0. The van der Waals surface area contributed by atoms with Gasteiger partial charge in [-0.05, 0) is 69.5 Å². The van der Waals surface area contributed by atoms with Crippen LogP contribution in [0.1, 0.15) is 38.9 Å². The van der Waals surface area contributed by atoms with E-state index in [0.29, 0.717) is 12.5 Å². The summed E-state index contributed by atoms with van der Waals surface area (Å²) in [6, 6.07) is 11.5. The lowest BCUT2D eigenvalue weighted by Crippen LogP contribution is -2.38. The summed E-state index contributed by atoms with van der Waals surface area (Å²) in [5.74, 6) is 2.37. The van der Waals surface area contributed by atoms with Crippen LogP contribution < -0.4 is 15.4 Å². The van der Waals surface area contributed by atoms with Gasteiger partial charge < -0.3 is 24.7 Å². The average Bonchev–Trinajstić information content (AvgIpc) is 3.27. The van der Waals surface area contributed by atoms with E-state index in [1.807, 2.05) is 55.1 Å². The number of amides is 1. The third-order valence-electron chi connectivity index (χ3n) is 4.81. The molecule has 7 nitrogen and oxygen atoms in total. The van der Waals surface area contributed by atoms with Crippen molar-refractivity contribution in [2.75, 3.05) is 31.5 Å². The number of rotatable bonds is 8. The Kier molecular flexibility index (Phi) is 10.7. The molecule has 2 N–H and O–H groups in total. The van der Waals surface area contributed by atoms with Gasteiger partial charge in [0.25, 0.3) is 0 Å². The van der Waals surface area contributed by atoms with Crippen LogP contribution >= 0.6 is 24.0 Å². The van der Waals surface area contributed by atoms with Gasteiger partial charge in [0.1, 0.15) is 18.1 Å². The fourth-order valence-electron chi connectivity index (χ4n) is 3.31. The molecule has 1 saturated heterocycles. The van der Waals surface area contributed by atoms with E-state index in [4.69, 9.17) is 9.15 Å². The van der Waals surface area contributed by atoms with Crippen LogP contribution in [0.3, 0.4) is 0 Å². The number of aliphatic imine (C=N–C) groups is 1. The Morgan fingerprint density at radius 1 is 1.16 bits per heavy atom. The zero-order chi connectivity index (χ0) is 21.2. The predicted octanol–water partition coefficient (Wildman–Crippen LogP) is 4.30. The van der Waals surface area contributed by atoms with Crippen LogP contribution in [0.15, 0.2) is 52.1 Å². The van der Waals surface area contributed by atoms with Crippen LogP contribution in [0.5, 0.6) is 5.75 Å². The summed E-state index contributed by atoms with van der Waals surface area (Å²) < 4.78 is 11.1. The lowest BCUT2D eigenvalue weighted by Gasteiger charge is -2.26. The van der Waals surface area contributed by atoms with Gasteiger partial charge in [-0.15, -0.1) is 24.0 Å². The Morgan fingerprint density at radius 2 is 1.90 bits per heavy atom. The molecule has 0 radical (unpaired) electrons. The Balaban J connectivity index is 0.00000341. The SMILES string of the molecule is CC(C)Oc1ccc(NC(=NCC(=O)N2CCCCC2)NCCc2ccco2)cc1.I. The largest absolute Gasteiger partial charge is 0.491 e. The smallest absolute Gasteiger partial charge is 0.244 e. The summed E-state index contributed by atoms with van der Waals surface area (Å²) in [4.78, 5) is 18.9. The second kappa shape index (κ2) is 13.2. The van der Waals surface area contributed by atoms with E-state index < -0.39 is 0 Å². The van der Waals surface area contributed by atoms with Gasteiger partial charge in [0, 0.05) is 31.7 Å². The third kappa shape index (κ3) is 8.80. The van der Waals surface area contributed by atoms with E-state index >= 15 is 0 Å². The first-order chi connectivity index (χ1) is 14.6. The minimum atomic E-state index is 0. The highest BCUT2D eigenvalue weighted by Gasteiger charge is 2.16. The maximum Gasteiger partial charge on any atom is 0.244 e. The number of furan rings is 1. The summed E-state index contributed by atoms with van der Waals surface area (Å²) in [5, 5.41) is 6.57. The molecule has 0 unspecified atom stereocenters. The van der Waals surface area contributed by atoms with E-state index in [9.17, 15) is 4.79 Å². The molecule has 0 saturated carbocycles. The Hall–Kier alpha value is -2.23. The molecule has 2 aromatic rings. The van der Waals surface area contributed by atoms with E-state index in [-0.39, 0.29) is 42.5 Å². The second-order valence-electron chi connectivity index (χ2n) is 7.68. The number of halogens is 1. The Morgan fingerprint density at radius 3 is 2.55 bits per heavy atom. The molecule has 0 atom stereocenters. The van der Waals surface area contributed by atoms with E-state index in [2.05, 4.69) is 15.6 Å². The van der Waals surface area contributed by atoms with Gasteiger partial charge >= 0.3 is 0 Å². The molecule has 0 bridgehead atoms. The number of likely N-dealkylation sites (tertiary alicyclic amines) is 1. The van der Waals surface area contributed by atoms with Crippen LogP contribution in [0.4, 0.5) is 5.69 Å². The zero-order valence-electron chi connectivity index (χ0n) is 18.3. The molecule has 8 heteroatoms. The molecule has 1 aliphatic rings. The molecule has 170 valence electrons. The number of benzene rings is 1. The number of nitrogens with one attached hydrogen (secondary N) is 2. The number of nitrogens with zero attached hydrogens (tertiary/aromatic N) is 2. The zero-order valence-corrected chi connectivity index (χ0v) is 20.6. The van der Waals surface area contributed by atoms with E-state index in [1.165, 1.54) is 6.42 Å². The van der Waals surface area contributed by atoms with Crippen LogP contribution in [-0.2, 0) is 11.2 Å². The minimum Gasteiger partial charge on any atom is -0.491 e. The van der Waals surface area contributed by atoms with Crippen molar-refractivity contribution in [1.82, 2.24) is 10.2 Å². The minimum absolute atomic E-state index is 0. The Bertz CT molecular complexity index is 801. The number of hydrogen-bond acceptors (Lipinski definition) is 4. The molecule has 3 rings (SSSR count). The highest BCUT2D eigenvalue weighted by molar-refractivity contribution is 14.0.